The van der Waals surface area contributed by atoms with Gasteiger partial charge < -0.3 is 9.64 Å². The lowest BCUT2D eigenvalue weighted by molar-refractivity contribution is -0.157. The zero-order valence-electron chi connectivity index (χ0n) is 18.6. The summed E-state index contributed by atoms with van der Waals surface area (Å²) in [6.07, 6.45) is 1.76. The van der Waals surface area contributed by atoms with E-state index < -0.39 is 17.2 Å². The van der Waals surface area contributed by atoms with Gasteiger partial charge in [0.25, 0.3) is 0 Å². The van der Waals surface area contributed by atoms with Crippen molar-refractivity contribution in [1.29, 1.82) is 0 Å². The first-order chi connectivity index (χ1) is 15.2. The predicted molar refractivity (Wildman–Crippen MR) is 117 cm³/mol. The van der Waals surface area contributed by atoms with Crippen LogP contribution in [0.3, 0.4) is 0 Å². The fourth-order valence-corrected chi connectivity index (χ4v) is 5.08. The largest absolute Gasteiger partial charge is 0.372 e. The number of hydrogen-bond donors (Lipinski definition) is 0. The van der Waals surface area contributed by atoms with Crippen molar-refractivity contribution in [2.45, 2.75) is 39.5 Å². The molecule has 1 aromatic carbocycles. The topological polar surface area (TPSA) is 76.6 Å². The molecule has 0 N–H and O–H groups in total. The van der Waals surface area contributed by atoms with Crippen molar-refractivity contribution < 1.29 is 23.5 Å². The van der Waals surface area contributed by atoms with Crippen LogP contribution in [0.2, 0.25) is 0 Å². The van der Waals surface area contributed by atoms with Gasteiger partial charge in [-0.15, -0.1) is 0 Å². The van der Waals surface area contributed by atoms with Crippen LogP contribution in [0.25, 0.3) is 11.3 Å². The van der Waals surface area contributed by atoms with Crippen molar-refractivity contribution in [3.8, 4) is 11.3 Å². The Balaban J connectivity index is 1.52. The Morgan fingerprint density at radius 1 is 1.16 bits per heavy atom. The van der Waals surface area contributed by atoms with Gasteiger partial charge in [0.1, 0.15) is 29.9 Å². The van der Waals surface area contributed by atoms with Crippen molar-refractivity contribution >= 4 is 17.5 Å². The van der Waals surface area contributed by atoms with Crippen LogP contribution in [-0.2, 0) is 19.1 Å². The molecular weight excluding hydrogens is 411 g/mol. The number of benzene rings is 1. The number of carbonyl (C=O) groups is 3. The van der Waals surface area contributed by atoms with Gasteiger partial charge in [0.05, 0.1) is 11.9 Å². The third-order valence-electron chi connectivity index (χ3n) is 6.48. The maximum atomic E-state index is 13.2. The fraction of sp³-hybridized carbons (Fsp3) is 0.440. The molecule has 6 nitrogen and oxygen atoms in total. The molecule has 168 valence electrons. The minimum atomic E-state index is -0.774. The molecule has 1 aliphatic carbocycles. The molecule has 7 heteroatoms. The maximum Gasteiger partial charge on any atom is 0.248 e. The number of carbonyl (C=O) groups excluding carboxylic acids is 3. The van der Waals surface area contributed by atoms with Gasteiger partial charge >= 0.3 is 0 Å². The molecule has 1 amide bonds. The summed E-state index contributed by atoms with van der Waals surface area (Å²) in [6, 6.07) is 6.75. The number of hydrogen-bond acceptors (Lipinski definition) is 5. The quantitative estimate of drug-likeness (QED) is 0.669. The SMILES string of the molecule is CCOCC(=O)N1CC2(CC(=O)C(c3c(C)cc(-c4ccc(F)cn4)cc3C)C(=O)C2)C1. The summed E-state index contributed by atoms with van der Waals surface area (Å²) in [5, 5.41) is 0. The highest BCUT2D eigenvalue weighted by Gasteiger charge is 2.53. The standard InChI is InChI=1S/C25H27FN2O4/c1-4-32-12-22(31)28-13-25(14-28)9-20(29)24(21(30)10-25)23-15(2)7-17(8-16(23)3)19-6-5-18(26)11-27-19/h5-8,11,24H,4,9-10,12-14H2,1-3H3. The van der Waals surface area contributed by atoms with E-state index in [2.05, 4.69) is 4.98 Å². The molecule has 0 bridgehead atoms. The summed E-state index contributed by atoms with van der Waals surface area (Å²) in [7, 11) is 0. The predicted octanol–water partition coefficient (Wildman–Crippen LogP) is 3.39. The van der Waals surface area contributed by atoms with Crippen molar-refractivity contribution in [2.24, 2.45) is 5.41 Å². The van der Waals surface area contributed by atoms with E-state index in [9.17, 15) is 18.8 Å². The first-order valence-corrected chi connectivity index (χ1v) is 10.9. The second-order valence-corrected chi connectivity index (χ2v) is 8.99. The zero-order chi connectivity index (χ0) is 23.0. The minimum absolute atomic E-state index is 0.0325. The van der Waals surface area contributed by atoms with E-state index in [-0.39, 0.29) is 24.1 Å². The molecule has 0 unspecified atom stereocenters. The average Bonchev–Trinajstić information content (AvgIpc) is 2.71. The Bertz CT molecular complexity index is 1030. The van der Waals surface area contributed by atoms with Gasteiger partial charge in [0, 0.05) is 43.5 Å². The van der Waals surface area contributed by atoms with E-state index in [4.69, 9.17) is 4.74 Å². The lowest BCUT2D eigenvalue weighted by Gasteiger charge is -2.52. The molecule has 1 aliphatic heterocycles. The van der Waals surface area contributed by atoms with Crippen LogP contribution in [0.4, 0.5) is 4.39 Å². The summed E-state index contributed by atoms with van der Waals surface area (Å²) >= 11 is 0. The van der Waals surface area contributed by atoms with Crippen LogP contribution in [0, 0.1) is 25.1 Å². The summed E-state index contributed by atoms with van der Waals surface area (Å²) in [5.41, 5.74) is 3.46. The molecular formula is C25H27FN2O4. The third-order valence-corrected chi connectivity index (χ3v) is 6.48. The molecule has 2 fully saturated rings. The molecule has 1 saturated carbocycles. The van der Waals surface area contributed by atoms with Crippen LogP contribution in [0.15, 0.2) is 30.5 Å². The summed E-state index contributed by atoms with van der Waals surface area (Å²) in [5.74, 6) is -1.45. The van der Waals surface area contributed by atoms with Gasteiger partial charge in [-0.1, -0.05) is 0 Å². The normalized spacial score (nSPS) is 18.2. The van der Waals surface area contributed by atoms with E-state index in [0.29, 0.717) is 38.2 Å². The second kappa shape index (κ2) is 8.54. The Hall–Kier alpha value is -2.93. The molecule has 0 radical (unpaired) electrons. The number of Topliss-reactive ketones (excluding diaryl/α,β-unsaturated/α-hetero) is 2. The molecule has 4 rings (SSSR count). The summed E-state index contributed by atoms with van der Waals surface area (Å²) in [6.45, 7) is 6.96. The average molecular weight is 438 g/mol. The van der Waals surface area contributed by atoms with E-state index in [1.807, 2.05) is 32.9 Å². The van der Waals surface area contributed by atoms with Gasteiger partial charge in [0.15, 0.2) is 0 Å². The lowest BCUT2D eigenvalue weighted by atomic mass is 9.63. The van der Waals surface area contributed by atoms with Gasteiger partial charge in [0.2, 0.25) is 5.91 Å². The highest BCUT2D eigenvalue weighted by Crippen LogP contribution is 2.46. The number of ether oxygens (including phenoxy) is 1. The van der Waals surface area contributed by atoms with Gasteiger partial charge in [-0.25, -0.2) is 4.39 Å². The van der Waals surface area contributed by atoms with Crippen LogP contribution in [0.5, 0.6) is 0 Å². The van der Waals surface area contributed by atoms with Gasteiger partial charge in [-0.3, -0.25) is 19.4 Å². The number of ketones is 2. The van der Waals surface area contributed by atoms with E-state index in [1.165, 1.54) is 12.3 Å². The van der Waals surface area contributed by atoms with Crippen molar-refractivity contribution in [3.63, 3.8) is 0 Å². The minimum Gasteiger partial charge on any atom is -0.372 e. The number of likely N-dealkylation sites (tertiary alicyclic amines) is 1. The molecule has 1 saturated heterocycles. The second-order valence-electron chi connectivity index (χ2n) is 8.99. The van der Waals surface area contributed by atoms with Crippen molar-refractivity contribution in [1.82, 2.24) is 9.88 Å². The van der Waals surface area contributed by atoms with Crippen molar-refractivity contribution in [3.05, 3.63) is 53.0 Å². The molecule has 0 atom stereocenters. The number of amides is 1. The number of pyridine rings is 1. The third kappa shape index (κ3) is 4.09. The van der Waals surface area contributed by atoms with Crippen molar-refractivity contribution in [2.75, 3.05) is 26.3 Å². The number of rotatable bonds is 5. The maximum absolute atomic E-state index is 13.2. The number of nitrogens with zero attached hydrogens (tertiary/aromatic N) is 2. The molecule has 32 heavy (non-hydrogen) atoms. The smallest absolute Gasteiger partial charge is 0.248 e. The molecule has 1 spiro atoms. The van der Waals surface area contributed by atoms with Crippen LogP contribution >= 0.6 is 0 Å². The van der Waals surface area contributed by atoms with Gasteiger partial charge in [-0.05, 0) is 61.7 Å². The molecule has 2 aromatic rings. The van der Waals surface area contributed by atoms with Crippen LogP contribution in [0.1, 0.15) is 42.4 Å². The molecule has 1 aromatic heterocycles. The highest BCUT2D eigenvalue weighted by atomic mass is 19.1. The van der Waals surface area contributed by atoms with E-state index in [1.54, 1.807) is 11.0 Å². The highest BCUT2D eigenvalue weighted by molar-refractivity contribution is 6.11. The fourth-order valence-electron chi connectivity index (χ4n) is 5.08. The van der Waals surface area contributed by atoms with Gasteiger partial charge in [-0.2, -0.15) is 0 Å². The van der Waals surface area contributed by atoms with Crippen LogP contribution in [-0.4, -0.2) is 53.7 Å². The monoisotopic (exact) mass is 438 g/mol. The van der Waals surface area contributed by atoms with E-state index in [0.717, 1.165) is 22.3 Å². The first-order valence-electron chi connectivity index (χ1n) is 10.9. The Kier molecular flexibility index (Phi) is 5.95. The molecule has 2 aliphatic rings. The Morgan fingerprint density at radius 2 is 1.78 bits per heavy atom. The zero-order valence-corrected chi connectivity index (χ0v) is 18.6. The number of halogens is 1. The summed E-state index contributed by atoms with van der Waals surface area (Å²) in [4.78, 5) is 44.2. The Morgan fingerprint density at radius 3 is 2.31 bits per heavy atom. The Labute approximate surface area is 186 Å². The molecule has 2 heterocycles. The number of aromatic nitrogens is 1. The summed E-state index contributed by atoms with van der Waals surface area (Å²) < 4.78 is 18.4. The first kappa shape index (κ1) is 22.3. The number of aryl methyl sites for hydroxylation is 2. The lowest BCUT2D eigenvalue weighted by Crippen LogP contribution is -2.62. The van der Waals surface area contributed by atoms with E-state index >= 15 is 0 Å². The van der Waals surface area contributed by atoms with Crippen LogP contribution < -0.4 is 0 Å².